The molecule has 2 rings (SSSR count). The van der Waals surface area contributed by atoms with E-state index in [4.69, 9.17) is 0 Å². The Labute approximate surface area is 132 Å². The molecule has 1 aromatic heterocycles. The zero-order valence-electron chi connectivity index (χ0n) is 13.0. The van der Waals surface area contributed by atoms with Gasteiger partial charge in [-0.1, -0.05) is 19.9 Å². The predicted octanol–water partition coefficient (Wildman–Crippen LogP) is 1.01. The average molecular weight is 317 g/mol. The number of amides is 2. The van der Waals surface area contributed by atoms with Crippen LogP contribution in [0.25, 0.3) is 0 Å². The second-order valence-corrected chi connectivity index (χ2v) is 5.19. The Bertz CT molecular complexity index is 749. The van der Waals surface area contributed by atoms with Crippen LogP contribution in [0.15, 0.2) is 29.1 Å². The molecule has 1 aromatic carbocycles. The summed E-state index contributed by atoms with van der Waals surface area (Å²) in [6.45, 7) is 3.88. The van der Waals surface area contributed by atoms with E-state index in [9.17, 15) is 14.4 Å². The number of carbonyl (C=O) groups is 2. The molecule has 0 saturated carbocycles. The van der Waals surface area contributed by atoms with Crippen LogP contribution in [0.3, 0.4) is 0 Å². The van der Waals surface area contributed by atoms with Crippen LogP contribution < -0.4 is 16.3 Å². The van der Waals surface area contributed by atoms with Crippen LogP contribution in [0.1, 0.15) is 36.5 Å². The first kappa shape index (κ1) is 16.5. The van der Waals surface area contributed by atoms with Crippen molar-refractivity contribution >= 4 is 17.5 Å². The summed E-state index contributed by atoms with van der Waals surface area (Å²) >= 11 is 0. The Morgan fingerprint density at radius 2 is 2.13 bits per heavy atom. The topological polar surface area (TPSA) is 120 Å². The molecule has 2 amide bonds. The van der Waals surface area contributed by atoms with Gasteiger partial charge in [-0.15, -0.1) is 0 Å². The van der Waals surface area contributed by atoms with Crippen molar-refractivity contribution in [2.24, 2.45) is 5.92 Å². The van der Waals surface area contributed by atoms with Crippen molar-refractivity contribution in [3.05, 3.63) is 46.1 Å². The van der Waals surface area contributed by atoms with Crippen molar-refractivity contribution in [1.82, 2.24) is 20.5 Å². The molecule has 0 aliphatic heterocycles. The van der Waals surface area contributed by atoms with Crippen LogP contribution >= 0.6 is 0 Å². The molecule has 1 heterocycles. The number of hydrogen-bond acceptors (Lipinski definition) is 4. The first-order chi connectivity index (χ1) is 11.0. The molecule has 0 saturated heterocycles. The maximum Gasteiger partial charge on any atom is 0.340 e. The van der Waals surface area contributed by atoms with E-state index < -0.39 is 5.69 Å². The lowest BCUT2D eigenvalue weighted by Crippen LogP contribution is -2.24. The molecule has 122 valence electrons. The Balaban J connectivity index is 1.99. The maximum atomic E-state index is 12.1. The molecular formula is C15H19N5O3. The highest BCUT2D eigenvalue weighted by molar-refractivity contribution is 5.97. The fourth-order valence-electron chi connectivity index (χ4n) is 1.84. The maximum absolute atomic E-state index is 12.1. The fraction of sp³-hybridized carbons (Fsp3) is 0.333. The quantitative estimate of drug-likeness (QED) is 0.635. The average Bonchev–Trinajstić information content (AvgIpc) is 2.97. The van der Waals surface area contributed by atoms with Crippen molar-refractivity contribution in [2.75, 3.05) is 5.32 Å². The van der Waals surface area contributed by atoms with Gasteiger partial charge in [0.15, 0.2) is 0 Å². The second-order valence-electron chi connectivity index (χ2n) is 5.19. The largest absolute Gasteiger partial charge is 0.345 e. The summed E-state index contributed by atoms with van der Waals surface area (Å²) < 4.78 is 0. The van der Waals surface area contributed by atoms with E-state index in [1.54, 1.807) is 24.3 Å². The first-order valence-electron chi connectivity index (χ1n) is 7.32. The normalized spacial score (nSPS) is 11.7. The smallest absolute Gasteiger partial charge is 0.340 e. The summed E-state index contributed by atoms with van der Waals surface area (Å²) in [5, 5.41) is 11.3. The van der Waals surface area contributed by atoms with E-state index in [-0.39, 0.29) is 24.3 Å². The van der Waals surface area contributed by atoms with Gasteiger partial charge in [-0.3, -0.25) is 14.6 Å². The van der Waals surface area contributed by atoms with E-state index in [1.165, 1.54) is 0 Å². The zero-order chi connectivity index (χ0) is 16.8. The van der Waals surface area contributed by atoms with Gasteiger partial charge in [0.2, 0.25) is 5.91 Å². The van der Waals surface area contributed by atoms with Gasteiger partial charge >= 0.3 is 5.69 Å². The number of benzene rings is 1. The molecule has 0 spiro atoms. The van der Waals surface area contributed by atoms with Gasteiger partial charge < -0.3 is 10.6 Å². The number of rotatable bonds is 6. The number of H-pyrrole nitrogens is 2. The lowest BCUT2D eigenvalue weighted by molar-refractivity contribution is -0.119. The molecule has 8 heteroatoms. The molecule has 4 N–H and O–H groups in total. The van der Waals surface area contributed by atoms with Crippen molar-refractivity contribution < 1.29 is 9.59 Å². The van der Waals surface area contributed by atoms with Gasteiger partial charge in [0, 0.05) is 17.2 Å². The number of aromatic nitrogens is 3. The molecule has 0 aliphatic carbocycles. The van der Waals surface area contributed by atoms with Crippen LogP contribution in [0, 0.1) is 5.92 Å². The summed E-state index contributed by atoms with van der Waals surface area (Å²) in [6.07, 6.45) is 0.744. The van der Waals surface area contributed by atoms with Crippen molar-refractivity contribution in [1.29, 1.82) is 0 Å². The third-order valence-electron chi connectivity index (χ3n) is 3.42. The van der Waals surface area contributed by atoms with Gasteiger partial charge in [0.1, 0.15) is 5.82 Å². The Morgan fingerprint density at radius 3 is 2.78 bits per heavy atom. The van der Waals surface area contributed by atoms with E-state index >= 15 is 0 Å². The number of nitrogens with one attached hydrogen (secondary N) is 4. The SMILES string of the molecule is CC[C@@H](C)C(=O)Nc1cccc(C(=O)NCc2n[nH]c(=O)[nH]2)c1. The monoisotopic (exact) mass is 317 g/mol. The van der Waals surface area contributed by atoms with E-state index in [0.29, 0.717) is 17.1 Å². The highest BCUT2D eigenvalue weighted by Crippen LogP contribution is 2.13. The molecule has 0 unspecified atom stereocenters. The number of aromatic amines is 2. The van der Waals surface area contributed by atoms with Gasteiger partial charge in [0.25, 0.3) is 5.91 Å². The minimum absolute atomic E-state index is 0.0841. The van der Waals surface area contributed by atoms with E-state index in [1.807, 2.05) is 13.8 Å². The third-order valence-corrected chi connectivity index (χ3v) is 3.42. The Kier molecular flexibility index (Phi) is 5.29. The summed E-state index contributed by atoms with van der Waals surface area (Å²) in [7, 11) is 0. The fourth-order valence-corrected chi connectivity index (χ4v) is 1.84. The molecule has 23 heavy (non-hydrogen) atoms. The minimum Gasteiger partial charge on any atom is -0.345 e. The number of hydrogen-bond donors (Lipinski definition) is 4. The summed E-state index contributed by atoms with van der Waals surface area (Å²) in [4.78, 5) is 37.3. The number of nitrogens with zero attached hydrogens (tertiary/aromatic N) is 1. The van der Waals surface area contributed by atoms with E-state index in [0.717, 1.165) is 6.42 Å². The van der Waals surface area contributed by atoms with Crippen molar-refractivity contribution in [2.45, 2.75) is 26.8 Å². The lowest BCUT2D eigenvalue weighted by Gasteiger charge is -2.11. The second kappa shape index (κ2) is 7.39. The van der Waals surface area contributed by atoms with Gasteiger partial charge in [-0.2, -0.15) is 5.10 Å². The van der Waals surface area contributed by atoms with Gasteiger partial charge in [-0.05, 0) is 24.6 Å². The summed E-state index contributed by atoms with van der Waals surface area (Å²) in [5.41, 5.74) is 0.546. The molecule has 0 bridgehead atoms. The van der Waals surface area contributed by atoms with Crippen LogP contribution in [0.2, 0.25) is 0 Å². The Hall–Kier alpha value is -2.90. The van der Waals surface area contributed by atoms with Crippen molar-refractivity contribution in [3.63, 3.8) is 0 Å². The standard InChI is InChI=1S/C15H19N5O3/c1-3-9(2)13(21)17-11-6-4-5-10(7-11)14(22)16-8-12-18-15(23)20-19-12/h4-7,9H,3,8H2,1-2H3,(H,16,22)(H,17,21)(H2,18,19,20,23)/t9-/m1/s1. The first-order valence-corrected chi connectivity index (χ1v) is 7.32. The summed E-state index contributed by atoms with van der Waals surface area (Å²) in [6, 6.07) is 6.66. The molecule has 8 nitrogen and oxygen atoms in total. The third kappa shape index (κ3) is 4.53. The number of anilines is 1. The lowest BCUT2D eigenvalue weighted by atomic mass is 10.1. The molecule has 0 radical (unpaired) electrons. The summed E-state index contributed by atoms with van der Waals surface area (Å²) in [5.74, 6) is -0.166. The van der Waals surface area contributed by atoms with Crippen molar-refractivity contribution in [3.8, 4) is 0 Å². The highest BCUT2D eigenvalue weighted by Gasteiger charge is 2.12. The highest BCUT2D eigenvalue weighted by atomic mass is 16.2. The van der Waals surface area contributed by atoms with E-state index in [2.05, 4.69) is 25.8 Å². The van der Waals surface area contributed by atoms with Crippen LogP contribution in [0.4, 0.5) is 5.69 Å². The number of carbonyl (C=O) groups excluding carboxylic acids is 2. The Morgan fingerprint density at radius 1 is 1.35 bits per heavy atom. The molecule has 0 fully saturated rings. The van der Waals surface area contributed by atoms with Crippen LogP contribution in [-0.4, -0.2) is 27.0 Å². The van der Waals surface area contributed by atoms with Crippen LogP contribution in [-0.2, 0) is 11.3 Å². The molecule has 1 atom stereocenters. The van der Waals surface area contributed by atoms with Gasteiger partial charge in [-0.25, -0.2) is 9.89 Å². The molecule has 0 aliphatic rings. The zero-order valence-corrected chi connectivity index (χ0v) is 13.0. The molecule has 2 aromatic rings. The predicted molar refractivity (Wildman–Crippen MR) is 84.9 cm³/mol. The van der Waals surface area contributed by atoms with Crippen LogP contribution in [0.5, 0.6) is 0 Å². The molecular weight excluding hydrogens is 298 g/mol. The minimum atomic E-state index is -0.427. The van der Waals surface area contributed by atoms with Gasteiger partial charge in [0.05, 0.1) is 6.54 Å².